The largest absolute Gasteiger partial charge is 0.318 e. The van der Waals surface area contributed by atoms with Gasteiger partial charge in [-0.2, -0.15) is 5.01 Å². The Morgan fingerprint density at radius 2 is 1.70 bits per heavy atom. The highest BCUT2D eigenvalue weighted by Crippen LogP contribution is 2.29. The maximum atomic E-state index is 13.2. The van der Waals surface area contributed by atoms with Crippen molar-refractivity contribution in [2.75, 3.05) is 0 Å². The molecular weight excluding hydrogens is 385 g/mol. The van der Waals surface area contributed by atoms with E-state index in [1.165, 1.54) is 12.1 Å². The van der Waals surface area contributed by atoms with Crippen LogP contribution in [0.15, 0.2) is 60.7 Å². The third-order valence-electron chi connectivity index (χ3n) is 5.32. The zero-order chi connectivity index (χ0) is 21.4. The van der Waals surface area contributed by atoms with Gasteiger partial charge in [-0.15, -0.1) is 0 Å². The number of hydrogen-bond donors (Lipinski definition) is 1. The molecule has 2 heterocycles. The minimum absolute atomic E-state index is 0.0116. The van der Waals surface area contributed by atoms with Gasteiger partial charge in [-0.3, -0.25) is 19.8 Å². The fourth-order valence-electron chi connectivity index (χ4n) is 3.84. The number of carbonyl (C=O) groups is 3. The van der Waals surface area contributed by atoms with Gasteiger partial charge < -0.3 is 4.57 Å². The van der Waals surface area contributed by atoms with E-state index < -0.39 is 23.6 Å². The molecule has 1 aliphatic heterocycles. The van der Waals surface area contributed by atoms with Crippen LogP contribution in [0.1, 0.15) is 39.6 Å². The molecule has 1 N–H and O–H groups in total. The molecule has 0 unspecified atom stereocenters. The van der Waals surface area contributed by atoms with Crippen molar-refractivity contribution in [2.45, 2.75) is 26.2 Å². The van der Waals surface area contributed by atoms with Crippen LogP contribution in [0.5, 0.6) is 0 Å². The average Bonchev–Trinajstić information content (AvgIpc) is 3.19. The van der Waals surface area contributed by atoms with E-state index in [4.69, 9.17) is 0 Å². The molecule has 3 amide bonds. The SMILES string of the molecule is Cc1cc(C(=O)NN2C(=O)C[C@@H](c3ccccc3)C2=O)c(C)n1-c1ccc(F)cc1. The van der Waals surface area contributed by atoms with E-state index in [2.05, 4.69) is 5.43 Å². The van der Waals surface area contributed by atoms with Gasteiger partial charge in [0.1, 0.15) is 5.82 Å². The van der Waals surface area contributed by atoms with E-state index in [-0.39, 0.29) is 12.2 Å². The van der Waals surface area contributed by atoms with Gasteiger partial charge in [0.2, 0.25) is 5.91 Å². The molecule has 0 spiro atoms. The van der Waals surface area contributed by atoms with Crippen molar-refractivity contribution in [3.63, 3.8) is 0 Å². The summed E-state index contributed by atoms with van der Waals surface area (Å²) in [5, 5.41) is 0.810. The summed E-state index contributed by atoms with van der Waals surface area (Å²) < 4.78 is 15.1. The summed E-state index contributed by atoms with van der Waals surface area (Å²) in [4.78, 5) is 38.0. The molecule has 2 aromatic carbocycles. The van der Waals surface area contributed by atoms with Gasteiger partial charge in [0, 0.05) is 23.5 Å². The number of nitrogens with zero attached hydrogens (tertiary/aromatic N) is 2. The van der Waals surface area contributed by atoms with Crippen molar-refractivity contribution in [2.24, 2.45) is 0 Å². The number of hydrazine groups is 1. The number of halogens is 1. The van der Waals surface area contributed by atoms with Crippen molar-refractivity contribution in [1.82, 2.24) is 15.0 Å². The van der Waals surface area contributed by atoms with Crippen LogP contribution in [-0.2, 0) is 9.59 Å². The monoisotopic (exact) mass is 405 g/mol. The van der Waals surface area contributed by atoms with Crippen molar-refractivity contribution < 1.29 is 18.8 Å². The topological polar surface area (TPSA) is 71.4 Å². The Hall–Kier alpha value is -3.74. The normalized spacial score (nSPS) is 16.2. The number of nitrogens with one attached hydrogen (secondary N) is 1. The molecule has 30 heavy (non-hydrogen) atoms. The summed E-state index contributed by atoms with van der Waals surface area (Å²) in [6.07, 6.45) is 0.0116. The molecule has 0 saturated carbocycles. The summed E-state index contributed by atoms with van der Waals surface area (Å²) in [5.41, 5.74) is 5.63. The van der Waals surface area contributed by atoms with Crippen LogP contribution in [0, 0.1) is 19.7 Å². The second-order valence-corrected chi connectivity index (χ2v) is 7.27. The van der Waals surface area contributed by atoms with Crippen LogP contribution < -0.4 is 5.43 Å². The number of amides is 3. The molecule has 1 saturated heterocycles. The van der Waals surface area contributed by atoms with E-state index in [0.717, 1.165) is 16.3 Å². The first kappa shape index (κ1) is 19.6. The Morgan fingerprint density at radius 1 is 1.03 bits per heavy atom. The zero-order valence-corrected chi connectivity index (χ0v) is 16.6. The van der Waals surface area contributed by atoms with Gasteiger partial charge in [0.15, 0.2) is 0 Å². The summed E-state index contributed by atoms with van der Waals surface area (Å²) in [6.45, 7) is 3.58. The average molecular weight is 405 g/mol. The molecule has 6 nitrogen and oxygen atoms in total. The second-order valence-electron chi connectivity index (χ2n) is 7.27. The molecule has 3 aromatic rings. The summed E-state index contributed by atoms with van der Waals surface area (Å²) in [5.74, 6) is -2.41. The van der Waals surface area contributed by atoms with Crippen LogP contribution in [0.3, 0.4) is 0 Å². The summed E-state index contributed by atoms with van der Waals surface area (Å²) in [7, 11) is 0. The zero-order valence-electron chi connectivity index (χ0n) is 16.6. The first-order valence-electron chi connectivity index (χ1n) is 9.54. The van der Waals surface area contributed by atoms with Gasteiger partial charge in [-0.05, 0) is 49.7 Å². The van der Waals surface area contributed by atoms with Gasteiger partial charge in [0.05, 0.1) is 11.5 Å². The minimum Gasteiger partial charge on any atom is -0.318 e. The molecule has 0 radical (unpaired) electrons. The Balaban J connectivity index is 1.57. The van der Waals surface area contributed by atoms with Gasteiger partial charge in [0.25, 0.3) is 11.8 Å². The van der Waals surface area contributed by atoms with Gasteiger partial charge >= 0.3 is 0 Å². The van der Waals surface area contributed by atoms with Crippen LogP contribution in [0.25, 0.3) is 5.69 Å². The van der Waals surface area contributed by atoms with E-state index in [9.17, 15) is 18.8 Å². The lowest BCUT2D eigenvalue weighted by Crippen LogP contribution is -2.46. The fourth-order valence-corrected chi connectivity index (χ4v) is 3.84. The van der Waals surface area contributed by atoms with Crippen molar-refractivity contribution in [1.29, 1.82) is 0 Å². The van der Waals surface area contributed by atoms with E-state index >= 15 is 0 Å². The number of aromatic nitrogens is 1. The lowest BCUT2D eigenvalue weighted by atomic mass is 9.98. The maximum absolute atomic E-state index is 13.2. The predicted octanol–water partition coefficient (Wildman–Crippen LogP) is 3.42. The fraction of sp³-hybridized carbons (Fsp3) is 0.174. The van der Waals surface area contributed by atoms with Gasteiger partial charge in [-0.25, -0.2) is 4.39 Å². The lowest BCUT2D eigenvalue weighted by Gasteiger charge is -2.16. The predicted molar refractivity (Wildman–Crippen MR) is 108 cm³/mol. The first-order valence-corrected chi connectivity index (χ1v) is 9.54. The molecule has 1 fully saturated rings. The number of hydrogen-bond acceptors (Lipinski definition) is 3. The first-order chi connectivity index (χ1) is 14.4. The second kappa shape index (κ2) is 7.59. The van der Waals surface area contributed by atoms with Crippen LogP contribution in [0.4, 0.5) is 4.39 Å². The lowest BCUT2D eigenvalue weighted by molar-refractivity contribution is -0.141. The van der Waals surface area contributed by atoms with Crippen molar-refractivity contribution in [3.05, 3.63) is 89.0 Å². The van der Waals surface area contributed by atoms with Crippen molar-refractivity contribution in [3.8, 4) is 5.69 Å². The number of benzene rings is 2. The number of aryl methyl sites for hydroxylation is 1. The Morgan fingerprint density at radius 3 is 2.37 bits per heavy atom. The Kier molecular flexibility index (Phi) is 4.95. The molecule has 1 aromatic heterocycles. The van der Waals surface area contributed by atoms with Crippen LogP contribution in [0.2, 0.25) is 0 Å². The molecule has 152 valence electrons. The highest BCUT2D eigenvalue weighted by Gasteiger charge is 2.40. The standard InChI is InChI=1S/C23H20FN3O3/c1-14-12-19(15(2)26(14)18-10-8-17(24)9-11-18)22(29)25-27-21(28)13-20(23(27)30)16-6-4-3-5-7-16/h3-12,20H,13H2,1-2H3,(H,25,29)/t20-/m0/s1. The molecule has 1 aliphatic rings. The Labute approximate surface area is 172 Å². The molecular formula is C23H20FN3O3. The molecule has 7 heteroatoms. The summed E-state index contributed by atoms with van der Waals surface area (Å²) in [6, 6.07) is 16.6. The molecule has 1 atom stereocenters. The van der Waals surface area contributed by atoms with E-state index in [1.807, 2.05) is 17.6 Å². The highest BCUT2D eigenvalue weighted by molar-refractivity contribution is 6.08. The number of rotatable bonds is 4. The van der Waals surface area contributed by atoms with E-state index in [0.29, 0.717) is 16.9 Å². The van der Waals surface area contributed by atoms with Crippen molar-refractivity contribution >= 4 is 17.7 Å². The third kappa shape index (κ3) is 3.39. The summed E-state index contributed by atoms with van der Waals surface area (Å²) >= 11 is 0. The van der Waals surface area contributed by atoms with Gasteiger partial charge in [-0.1, -0.05) is 30.3 Å². The third-order valence-corrected chi connectivity index (χ3v) is 5.32. The molecule has 4 rings (SSSR count). The number of imide groups is 1. The quantitative estimate of drug-likeness (QED) is 0.676. The number of carbonyl (C=O) groups excluding carboxylic acids is 3. The molecule has 0 aliphatic carbocycles. The van der Waals surface area contributed by atoms with Crippen LogP contribution in [-0.4, -0.2) is 27.3 Å². The minimum atomic E-state index is -0.606. The maximum Gasteiger partial charge on any atom is 0.272 e. The van der Waals surface area contributed by atoms with Crippen LogP contribution >= 0.6 is 0 Å². The Bertz CT molecular complexity index is 1140. The highest BCUT2D eigenvalue weighted by atomic mass is 19.1. The smallest absolute Gasteiger partial charge is 0.272 e. The molecule has 0 bridgehead atoms. The van der Waals surface area contributed by atoms with E-state index in [1.54, 1.807) is 49.4 Å².